The second-order valence-electron chi connectivity index (χ2n) is 4.35. The number of carbonyl (C=O) groups is 2. The molecule has 0 aromatic heterocycles. The minimum absolute atomic E-state index is 0.0956. The summed E-state index contributed by atoms with van der Waals surface area (Å²) in [5.41, 5.74) is 2.96. The van der Waals surface area contributed by atoms with Gasteiger partial charge in [0.25, 0.3) is 0 Å². The van der Waals surface area contributed by atoms with Crippen molar-refractivity contribution >= 4 is 17.1 Å². The third-order valence-electron chi connectivity index (χ3n) is 2.91. The summed E-state index contributed by atoms with van der Waals surface area (Å²) < 4.78 is 0. The van der Waals surface area contributed by atoms with Gasteiger partial charge in [0.1, 0.15) is 0 Å². The van der Waals surface area contributed by atoms with Crippen LogP contribution in [0.15, 0.2) is 59.7 Å². The Morgan fingerprint density at radius 3 is 2.33 bits per heavy atom. The van der Waals surface area contributed by atoms with E-state index in [1.54, 1.807) is 13.0 Å². The van der Waals surface area contributed by atoms with E-state index >= 15 is 0 Å². The molecule has 0 saturated heterocycles. The van der Waals surface area contributed by atoms with Gasteiger partial charge >= 0.3 is 0 Å². The predicted molar refractivity (Wildman–Crippen MR) is 71.9 cm³/mol. The highest BCUT2D eigenvalue weighted by Crippen LogP contribution is 2.19. The quantitative estimate of drug-likeness (QED) is 0.742. The van der Waals surface area contributed by atoms with Crippen molar-refractivity contribution in [3.05, 3.63) is 65.3 Å². The van der Waals surface area contributed by atoms with Gasteiger partial charge in [-0.05, 0) is 43.2 Å². The van der Waals surface area contributed by atoms with Crippen LogP contribution in [0.3, 0.4) is 0 Å². The Balaban J connectivity index is 2.32. The number of benzene rings is 1. The molecule has 0 bridgehead atoms. The highest BCUT2D eigenvalue weighted by molar-refractivity contribution is 6.21. The van der Waals surface area contributed by atoms with E-state index in [0.29, 0.717) is 11.1 Å². The molecular weight excluding hydrogens is 224 g/mol. The normalized spacial score (nSPS) is 16.4. The van der Waals surface area contributed by atoms with Crippen molar-refractivity contribution in [3.8, 4) is 0 Å². The first-order chi connectivity index (χ1) is 8.58. The molecular formula is C16H14O2. The summed E-state index contributed by atoms with van der Waals surface area (Å²) in [5.74, 6) is -0.205. The summed E-state index contributed by atoms with van der Waals surface area (Å²) in [6.45, 7) is 3.58. The second-order valence-corrected chi connectivity index (χ2v) is 4.35. The number of allylic oxidation sites excluding steroid dienone is 6. The van der Waals surface area contributed by atoms with E-state index in [1.807, 2.05) is 37.3 Å². The van der Waals surface area contributed by atoms with Crippen LogP contribution in [0.1, 0.15) is 19.4 Å². The lowest BCUT2D eigenvalue weighted by Gasteiger charge is -2.07. The number of hydrogen-bond donors (Lipinski definition) is 0. The van der Waals surface area contributed by atoms with Gasteiger partial charge in [-0.3, -0.25) is 9.59 Å². The van der Waals surface area contributed by atoms with E-state index in [2.05, 4.69) is 0 Å². The molecule has 0 amide bonds. The van der Waals surface area contributed by atoms with Crippen molar-refractivity contribution in [2.75, 3.05) is 0 Å². The maximum absolute atomic E-state index is 11.8. The first kappa shape index (κ1) is 12.2. The van der Waals surface area contributed by atoms with E-state index in [0.717, 1.165) is 11.1 Å². The van der Waals surface area contributed by atoms with Crippen LogP contribution < -0.4 is 0 Å². The van der Waals surface area contributed by atoms with Gasteiger partial charge in [-0.2, -0.15) is 0 Å². The van der Waals surface area contributed by atoms with E-state index in [-0.39, 0.29) is 11.6 Å². The van der Waals surface area contributed by atoms with Gasteiger partial charge in [0, 0.05) is 11.1 Å². The fourth-order valence-electron chi connectivity index (χ4n) is 1.81. The van der Waals surface area contributed by atoms with Crippen molar-refractivity contribution in [2.24, 2.45) is 0 Å². The van der Waals surface area contributed by atoms with Gasteiger partial charge in [-0.25, -0.2) is 0 Å². The summed E-state index contributed by atoms with van der Waals surface area (Å²) in [5, 5.41) is 0. The standard InChI is InChI=1S/C16H14O2/c1-11(13-6-4-3-5-7-13)8-14-10-15(17)12(2)9-16(14)18/h3-10H,1-2H3/b11-8+. The number of carbonyl (C=O) groups excluding carboxylic acids is 2. The fraction of sp³-hybridized carbons (Fsp3) is 0.125. The SMILES string of the molecule is CC1=CC(=O)C(/C=C(\C)c2ccccc2)=CC1=O. The molecule has 0 aliphatic heterocycles. The third-order valence-corrected chi connectivity index (χ3v) is 2.91. The Kier molecular flexibility index (Phi) is 3.38. The van der Waals surface area contributed by atoms with Crippen LogP contribution in [0.4, 0.5) is 0 Å². The molecule has 0 saturated carbocycles. The largest absolute Gasteiger partial charge is 0.290 e. The Bertz CT molecular complexity index is 587. The fourth-order valence-corrected chi connectivity index (χ4v) is 1.81. The van der Waals surface area contributed by atoms with Gasteiger partial charge in [-0.1, -0.05) is 30.3 Å². The van der Waals surface area contributed by atoms with E-state index in [1.165, 1.54) is 12.2 Å². The van der Waals surface area contributed by atoms with Crippen LogP contribution in [0.2, 0.25) is 0 Å². The van der Waals surface area contributed by atoms with Gasteiger partial charge in [0.05, 0.1) is 0 Å². The topological polar surface area (TPSA) is 34.1 Å². The monoisotopic (exact) mass is 238 g/mol. The molecule has 2 nitrogen and oxygen atoms in total. The van der Waals surface area contributed by atoms with Crippen LogP contribution >= 0.6 is 0 Å². The lowest BCUT2D eigenvalue weighted by Crippen LogP contribution is -2.10. The lowest BCUT2D eigenvalue weighted by atomic mass is 9.95. The maximum Gasteiger partial charge on any atom is 0.186 e. The zero-order valence-corrected chi connectivity index (χ0v) is 10.4. The molecule has 0 fully saturated rings. The molecule has 0 radical (unpaired) electrons. The van der Waals surface area contributed by atoms with Gasteiger partial charge in [0.15, 0.2) is 11.6 Å². The number of rotatable bonds is 2. The Hall–Kier alpha value is -2.22. The maximum atomic E-state index is 11.8. The smallest absolute Gasteiger partial charge is 0.186 e. The summed E-state index contributed by atoms with van der Waals surface area (Å²) in [6, 6.07) is 9.78. The summed E-state index contributed by atoms with van der Waals surface area (Å²) >= 11 is 0. The molecule has 1 aliphatic rings. The van der Waals surface area contributed by atoms with Crippen LogP contribution in [0.25, 0.3) is 5.57 Å². The van der Waals surface area contributed by atoms with Crippen molar-refractivity contribution in [2.45, 2.75) is 13.8 Å². The highest BCUT2D eigenvalue weighted by atomic mass is 16.1. The Labute approximate surface area is 106 Å². The lowest BCUT2D eigenvalue weighted by molar-refractivity contribution is -0.114. The molecule has 0 heterocycles. The summed E-state index contributed by atoms with van der Waals surface area (Å²) in [6.07, 6.45) is 4.56. The van der Waals surface area contributed by atoms with Crippen LogP contribution in [-0.4, -0.2) is 11.6 Å². The van der Waals surface area contributed by atoms with Crippen molar-refractivity contribution in [1.82, 2.24) is 0 Å². The first-order valence-corrected chi connectivity index (χ1v) is 5.80. The van der Waals surface area contributed by atoms with Crippen LogP contribution in [0.5, 0.6) is 0 Å². The predicted octanol–water partition coefficient (Wildman–Crippen LogP) is 3.11. The van der Waals surface area contributed by atoms with E-state index < -0.39 is 0 Å². The van der Waals surface area contributed by atoms with E-state index in [4.69, 9.17) is 0 Å². The summed E-state index contributed by atoms with van der Waals surface area (Å²) in [4.78, 5) is 23.3. The second kappa shape index (κ2) is 4.96. The van der Waals surface area contributed by atoms with Crippen molar-refractivity contribution in [1.29, 1.82) is 0 Å². The summed E-state index contributed by atoms with van der Waals surface area (Å²) in [7, 11) is 0. The molecule has 0 unspecified atom stereocenters. The number of ketones is 2. The van der Waals surface area contributed by atoms with Gasteiger partial charge in [0.2, 0.25) is 0 Å². The minimum Gasteiger partial charge on any atom is -0.290 e. The first-order valence-electron chi connectivity index (χ1n) is 5.80. The van der Waals surface area contributed by atoms with Gasteiger partial charge < -0.3 is 0 Å². The average Bonchev–Trinajstić information content (AvgIpc) is 2.37. The Morgan fingerprint density at radius 1 is 1.00 bits per heavy atom. The molecule has 2 rings (SSSR count). The van der Waals surface area contributed by atoms with Crippen molar-refractivity contribution in [3.63, 3.8) is 0 Å². The van der Waals surface area contributed by atoms with Crippen molar-refractivity contribution < 1.29 is 9.59 Å². The highest BCUT2D eigenvalue weighted by Gasteiger charge is 2.15. The molecule has 0 atom stereocenters. The molecule has 0 spiro atoms. The molecule has 90 valence electrons. The molecule has 1 aromatic carbocycles. The number of hydrogen-bond acceptors (Lipinski definition) is 2. The zero-order chi connectivity index (χ0) is 13.1. The van der Waals surface area contributed by atoms with Crippen LogP contribution in [-0.2, 0) is 9.59 Å². The third kappa shape index (κ3) is 2.54. The zero-order valence-electron chi connectivity index (χ0n) is 10.4. The Morgan fingerprint density at radius 2 is 1.67 bits per heavy atom. The average molecular weight is 238 g/mol. The van der Waals surface area contributed by atoms with E-state index in [9.17, 15) is 9.59 Å². The molecule has 1 aromatic rings. The molecule has 2 heteroatoms. The molecule has 0 N–H and O–H groups in total. The van der Waals surface area contributed by atoms with Gasteiger partial charge in [-0.15, -0.1) is 0 Å². The van der Waals surface area contributed by atoms with Crippen LogP contribution in [0, 0.1) is 0 Å². The molecule has 1 aliphatic carbocycles. The minimum atomic E-state index is -0.109. The molecule has 18 heavy (non-hydrogen) atoms.